The van der Waals surface area contributed by atoms with Crippen LogP contribution in [0.5, 0.6) is 0 Å². The van der Waals surface area contributed by atoms with E-state index in [1.165, 1.54) is 39.5 Å². The number of allylic oxidation sites excluding steroid dienone is 1. The molecule has 2 N–H and O–H groups in total. The molecule has 0 aromatic rings. The largest absolute Gasteiger partial charge is 0.465 e. The van der Waals surface area contributed by atoms with Crippen molar-refractivity contribution in [2.45, 2.75) is 122 Å². The van der Waals surface area contributed by atoms with E-state index in [2.05, 4.69) is 19.6 Å². The number of fused-ring (bicyclic) bond motifs is 5. The van der Waals surface area contributed by atoms with Crippen LogP contribution >= 0.6 is 0 Å². The lowest BCUT2D eigenvalue weighted by Gasteiger charge is -2.61. The van der Waals surface area contributed by atoms with E-state index >= 15 is 0 Å². The van der Waals surface area contributed by atoms with Gasteiger partial charge in [0.25, 0.3) is 0 Å². The van der Waals surface area contributed by atoms with E-state index in [0.29, 0.717) is 41.6 Å². The minimum atomic E-state index is -1.31. The molecule has 0 aromatic heterocycles. The van der Waals surface area contributed by atoms with Crippen molar-refractivity contribution in [3.63, 3.8) is 0 Å². The Labute approximate surface area is 232 Å². The van der Waals surface area contributed by atoms with E-state index in [4.69, 9.17) is 18.9 Å². The number of carbonyl (C=O) groups is 2. The van der Waals surface area contributed by atoms with Crippen LogP contribution in [0, 0.1) is 40.4 Å². The van der Waals surface area contributed by atoms with Crippen molar-refractivity contribution in [1.82, 2.24) is 0 Å². The van der Waals surface area contributed by atoms with Crippen LogP contribution in [-0.4, -0.2) is 65.6 Å². The Morgan fingerprint density at radius 3 is 2.46 bits per heavy atom. The summed E-state index contributed by atoms with van der Waals surface area (Å²) < 4.78 is 23.2. The van der Waals surface area contributed by atoms with Crippen LogP contribution in [0.25, 0.3) is 0 Å². The van der Waals surface area contributed by atoms with Gasteiger partial charge in [0.05, 0.1) is 18.8 Å². The zero-order valence-electron chi connectivity index (χ0n) is 24.1. The summed E-state index contributed by atoms with van der Waals surface area (Å²) >= 11 is 0. The van der Waals surface area contributed by atoms with Gasteiger partial charge in [-0.2, -0.15) is 0 Å². The number of hydrogen-bond acceptors (Lipinski definition) is 8. The molecular formula is C31H48O8. The highest BCUT2D eigenvalue weighted by atomic mass is 16.7. The van der Waals surface area contributed by atoms with Crippen molar-refractivity contribution in [1.29, 1.82) is 0 Å². The second-order valence-corrected chi connectivity index (χ2v) is 13.4. The van der Waals surface area contributed by atoms with Crippen LogP contribution in [0.2, 0.25) is 0 Å². The molecule has 4 aliphatic carbocycles. The maximum atomic E-state index is 12.0. The quantitative estimate of drug-likeness (QED) is 0.289. The van der Waals surface area contributed by atoms with E-state index in [9.17, 15) is 19.8 Å². The molecule has 0 unspecified atom stereocenters. The molecule has 39 heavy (non-hydrogen) atoms. The maximum Gasteiger partial charge on any atom is 0.303 e. The van der Waals surface area contributed by atoms with Crippen LogP contribution in [0.15, 0.2) is 12.7 Å². The molecule has 8 heteroatoms. The summed E-state index contributed by atoms with van der Waals surface area (Å²) in [5.41, 5.74) is 0.274. The molecule has 1 aliphatic heterocycles. The van der Waals surface area contributed by atoms with E-state index < -0.39 is 36.7 Å². The summed E-state index contributed by atoms with van der Waals surface area (Å²) in [7, 11) is 0. The Balaban J connectivity index is 1.31. The summed E-state index contributed by atoms with van der Waals surface area (Å²) in [6.45, 7) is 11.6. The summed E-state index contributed by atoms with van der Waals surface area (Å²) in [6.07, 6.45) is 6.54. The number of carbonyl (C=O) groups excluding carboxylic acids is 2. The standard InChI is InChI=1S/C31H48O8/c1-6-20-8-10-24-23-9-7-21-15-22(39-29-27(35)26(34)28(17(2)37-29)38-19(4)33)11-14-31(21,16-36-18(3)32)25(23)12-13-30(20,24)5/h6,17,20-29,34-35H,1,7-16H2,2-5H3/t17-,20-,21-,22-,23-,24-,25-,26-,27-,28+,29-,30+,31+/m0/s1. The Bertz CT molecular complexity index is 938. The molecule has 1 saturated heterocycles. The van der Waals surface area contributed by atoms with Gasteiger partial charge in [-0.1, -0.05) is 13.0 Å². The molecule has 5 fully saturated rings. The van der Waals surface area contributed by atoms with E-state index in [1.807, 2.05) is 0 Å². The number of hydrogen-bond donors (Lipinski definition) is 2. The first kappa shape index (κ1) is 29.0. The van der Waals surface area contributed by atoms with Gasteiger partial charge in [-0.25, -0.2) is 0 Å². The van der Waals surface area contributed by atoms with E-state index in [0.717, 1.165) is 32.1 Å². The first-order valence-corrected chi connectivity index (χ1v) is 15.1. The molecule has 0 spiro atoms. The highest BCUT2D eigenvalue weighted by molar-refractivity contribution is 5.66. The Morgan fingerprint density at radius 1 is 1.00 bits per heavy atom. The number of aliphatic hydroxyl groups excluding tert-OH is 2. The Kier molecular flexibility index (Phi) is 8.24. The molecule has 220 valence electrons. The second-order valence-electron chi connectivity index (χ2n) is 13.4. The SMILES string of the molecule is C=C[C@H]1CC[C@H]2[C@@H]3CC[C@H]4C[C@@H](O[C@@H]5O[C@@H](C)[C@@H](OC(C)=O)[C@@H](O)[C@@H]5O)CC[C@]4(COC(C)=O)[C@H]3CC[C@]12C. The Hall–Kier alpha value is -1.48. The van der Waals surface area contributed by atoms with Crippen LogP contribution in [0.1, 0.15) is 85.5 Å². The second kappa shape index (κ2) is 11.1. The molecule has 1 heterocycles. The molecule has 13 atom stereocenters. The van der Waals surface area contributed by atoms with Crippen LogP contribution in [0.4, 0.5) is 0 Å². The van der Waals surface area contributed by atoms with Gasteiger partial charge in [0.15, 0.2) is 12.4 Å². The normalized spacial score (nSPS) is 49.2. The van der Waals surface area contributed by atoms with Crippen molar-refractivity contribution in [2.24, 2.45) is 40.4 Å². The van der Waals surface area contributed by atoms with E-state index in [-0.39, 0.29) is 17.5 Å². The van der Waals surface area contributed by atoms with Gasteiger partial charge in [0.1, 0.15) is 12.2 Å². The third-order valence-corrected chi connectivity index (χ3v) is 11.6. The minimum Gasteiger partial charge on any atom is -0.465 e. The van der Waals surface area contributed by atoms with Gasteiger partial charge < -0.3 is 29.2 Å². The van der Waals surface area contributed by atoms with Crippen molar-refractivity contribution < 1.29 is 38.7 Å². The minimum absolute atomic E-state index is 0.0543. The number of rotatable bonds is 6. The van der Waals surface area contributed by atoms with Gasteiger partial charge in [0, 0.05) is 19.3 Å². The molecule has 0 radical (unpaired) electrons. The van der Waals surface area contributed by atoms with Gasteiger partial charge >= 0.3 is 11.9 Å². The van der Waals surface area contributed by atoms with Crippen LogP contribution in [-0.2, 0) is 28.5 Å². The lowest BCUT2D eigenvalue weighted by molar-refractivity contribution is -0.312. The van der Waals surface area contributed by atoms with Crippen molar-refractivity contribution in [2.75, 3.05) is 6.61 Å². The topological polar surface area (TPSA) is 112 Å². The monoisotopic (exact) mass is 548 g/mol. The molecule has 5 rings (SSSR count). The fraction of sp³-hybridized carbons (Fsp3) is 0.871. The fourth-order valence-corrected chi connectivity index (χ4v) is 9.74. The van der Waals surface area contributed by atoms with Crippen molar-refractivity contribution >= 4 is 11.9 Å². The summed E-state index contributed by atoms with van der Waals surface area (Å²) in [6, 6.07) is 0. The number of aliphatic hydroxyl groups is 2. The fourth-order valence-electron chi connectivity index (χ4n) is 9.74. The lowest BCUT2D eigenvalue weighted by Crippen LogP contribution is -2.60. The smallest absolute Gasteiger partial charge is 0.303 e. The maximum absolute atomic E-state index is 12.0. The summed E-state index contributed by atoms with van der Waals surface area (Å²) in [5.74, 6) is 2.07. The molecule has 0 bridgehead atoms. The zero-order chi connectivity index (χ0) is 28.1. The van der Waals surface area contributed by atoms with Crippen LogP contribution < -0.4 is 0 Å². The third-order valence-electron chi connectivity index (χ3n) is 11.6. The first-order chi connectivity index (χ1) is 18.5. The van der Waals surface area contributed by atoms with Gasteiger partial charge in [-0.05, 0) is 99.7 Å². The highest BCUT2D eigenvalue weighted by Gasteiger charge is 2.62. The van der Waals surface area contributed by atoms with Gasteiger partial charge in [-0.3, -0.25) is 9.59 Å². The molecule has 0 aromatic carbocycles. The van der Waals surface area contributed by atoms with Gasteiger partial charge in [-0.15, -0.1) is 6.58 Å². The lowest BCUT2D eigenvalue weighted by atomic mass is 9.44. The third kappa shape index (κ3) is 5.08. The van der Waals surface area contributed by atoms with Gasteiger partial charge in [0.2, 0.25) is 0 Å². The molecular weight excluding hydrogens is 500 g/mol. The molecule has 4 saturated carbocycles. The average molecular weight is 549 g/mol. The average Bonchev–Trinajstić information content (AvgIpc) is 3.24. The first-order valence-electron chi connectivity index (χ1n) is 15.1. The zero-order valence-corrected chi connectivity index (χ0v) is 24.1. The highest BCUT2D eigenvalue weighted by Crippen LogP contribution is 2.67. The predicted octanol–water partition coefficient (Wildman–Crippen LogP) is 4.16. The predicted molar refractivity (Wildman–Crippen MR) is 143 cm³/mol. The summed E-state index contributed by atoms with van der Waals surface area (Å²) in [5, 5.41) is 21.4. The summed E-state index contributed by atoms with van der Waals surface area (Å²) in [4.78, 5) is 23.4. The van der Waals surface area contributed by atoms with Crippen molar-refractivity contribution in [3.8, 4) is 0 Å². The molecule has 8 nitrogen and oxygen atoms in total. The Morgan fingerprint density at radius 2 is 1.77 bits per heavy atom. The van der Waals surface area contributed by atoms with Crippen molar-refractivity contribution in [3.05, 3.63) is 12.7 Å². The molecule has 0 amide bonds. The van der Waals surface area contributed by atoms with Crippen LogP contribution in [0.3, 0.4) is 0 Å². The number of ether oxygens (including phenoxy) is 4. The van der Waals surface area contributed by atoms with E-state index in [1.54, 1.807) is 6.92 Å². The molecule has 5 aliphatic rings. The number of esters is 2.